The molecule has 230 valence electrons. The minimum atomic E-state index is -0.410. The van der Waals surface area contributed by atoms with E-state index in [0.29, 0.717) is 38.2 Å². The fourth-order valence-corrected chi connectivity index (χ4v) is 2.50. The van der Waals surface area contributed by atoms with Crippen molar-refractivity contribution in [3.63, 3.8) is 0 Å². The van der Waals surface area contributed by atoms with Crippen molar-refractivity contribution in [3.8, 4) is 11.5 Å². The highest BCUT2D eigenvalue weighted by Crippen LogP contribution is 2.18. The second-order valence-corrected chi connectivity index (χ2v) is 8.09. The van der Waals surface area contributed by atoms with E-state index >= 15 is 0 Å². The van der Waals surface area contributed by atoms with Crippen LogP contribution in [0.4, 0.5) is 0 Å². The second-order valence-electron chi connectivity index (χ2n) is 8.09. The van der Waals surface area contributed by atoms with Crippen LogP contribution in [-0.2, 0) is 33.3 Å². The SMILES string of the molecule is C/C=C/c1nnc(-c2ccc(C)cc2)o1.C=CC(=O)OCCOC.C=CC(=O)OCCOC.CCCCCCOC. The van der Waals surface area contributed by atoms with Crippen LogP contribution in [0.1, 0.15) is 51.0 Å². The van der Waals surface area contributed by atoms with E-state index in [4.69, 9.17) is 9.15 Å². The molecule has 41 heavy (non-hydrogen) atoms. The van der Waals surface area contributed by atoms with E-state index in [9.17, 15) is 9.59 Å². The van der Waals surface area contributed by atoms with Crippen LogP contribution in [0, 0.1) is 6.92 Å². The predicted molar refractivity (Wildman–Crippen MR) is 161 cm³/mol. The lowest BCUT2D eigenvalue weighted by Gasteiger charge is -1.98. The third-order valence-corrected chi connectivity index (χ3v) is 4.65. The molecule has 10 nitrogen and oxygen atoms in total. The average molecular weight is 577 g/mol. The summed E-state index contributed by atoms with van der Waals surface area (Å²) in [6.07, 6.45) is 11.1. The number of carbonyl (C=O) groups is 2. The molecule has 0 saturated carbocycles. The zero-order valence-corrected chi connectivity index (χ0v) is 25.6. The Labute approximate surface area is 245 Å². The Morgan fingerprint density at radius 2 is 1.34 bits per heavy atom. The van der Waals surface area contributed by atoms with Crippen LogP contribution in [0.5, 0.6) is 0 Å². The zero-order valence-electron chi connectivity index (χ0n) is 25.6. The Hall–Kier alpha value is -3.60. The van der Waals surface area contributed by atoms with Gasteiger partial charge in [0.25, 0.3) is 0 Å². The van der Waals surface area contributed by atoms with Crippen molar-refractivity contribution in [3.05, 3.63) is 67.1 Å². The number of unbranched alkanes of at least 4 members (excludes halogenated alkanes) is 3. The monoisotopic (exact) mass is 576 g/mol. The molecule has 0 spiro atoms. The number of benzene rings is 1. The van der Waals surface area contributed by atoms with E-state index in [0.717, 1.165) is 24.3 Å². The number of hydrogen-bond acceptors (Lipinski definition) is 10. The van der Waals surface area contributed by atoms with Gasteiger partial charge in [-0.05, 0) is 38.5 Å². The molecular weight excluding hydrogens is 528 g/mol. The molecule has 0 aliphatic rings. The molecule has 0 amide bonds. The Bertz CT molecular complexity index is 923. The van der Waals surface area contributed by atoms with Crippen LogP contribution in [0.15, 0.2) is 60.1 Å². The Kier molecular flexibility index (Phi) is 28.3. The minimum Gasteiger partial charge on any atom is -0.460 e. The number of ether oxygens (including phenoxy) is 5. The van der Waals surface area contributed by atoms with Gasteiger partial charge >= 0.3 is 11.9 Å². The van der Waals surface area contributed by atoms with Gasteiger partial charge in [-0.15, -0.1) is 10.2 Å². The second kappa shape index (κ2) is 29.4. The largest absolute Gasteiger partial charge is 0.460 e. The quantitative estimate of drug-likeness (QED) is 0.141. The van der Waals surface area contributed by atoms with Crippen molar-refractivity contribution in [2.24, 2.45) is 0 Å². The van der Waals surface area contributed by atoms with Gasteiger partial charge in [-0.3, -0.25) is 0 Å². The van der Waals surface area contributed by atoms with Gasteiger partial charge in [-0.1, -0.05) is 63.1 Å². The standard InChI is InChI=1S/C12H12N2O.C7H16O.2C6H10O3/c1-3-4-11-13-14-12(15-11)10-7-5-9(2)6-8-10;1-3-4-5-6-7-8-2;2*1-3-6(7)9-5-4-8-2/h3-8H,1-2H3;3-7H2,1-2H3;2*3H,1,4-5H2,2H3/b4-3+;;;. The highest BCUT2D eigenvalue weighted by molar-refractivity contribution is 5.81. The third-order valence-electron chi connectivity index (χ3n) is 4.65. The van der Waals surface area contributed by atoms with E-state index in [-0.39, 0.29) is 0 Å². The van der Waals surface area contributed by atoms with Crippen LogP contribution < -0.4 is 0 Å². The number of hydrogen-bond donors (Lipinski definition) is 0. The van der Waals surface area contributed by atoms with Gasteiger partial charge < -0.3 is 28.1 Å². The lowest BCUT2D eigenvalue weighted by molar-refractivity contribution is -0.139. The topological polar surface area (TPSA) is 119 Å². The van der Waals surface area contributed by atoms with Crippen molar-refractivity contribution in [1.29, 1.82) is 0 Å². The summed E-state index contributed by atoms with van der Waals surface area (Å²) in [5, 5.41) is 7.87. The Morgan fingerprint density at radius 3 is 1.78 bits per heavy atom. The number of aromatic nitrogens is 2. The molecule has 0 saturated heterocycles. The highest BCUT2D eigenvalue weighted by Gasteiger charge is 2.05. The summed E-state index contributed by atoms with van der Waals surface area (Å²) in [7, 11) is 4.84. The van der Waals surface area contributed by atoms with Gasteiger partial charge in [-0.25, -0.2) is 9.59 Å². The molecule has 0 fully saturated rings. The third kappa shape index (κ3) is 25.1. The molecular formula is C31H48N2O8. The van der Waals surface area contributed by atoms with Gasteiger partial charge in [0.2, 0.25) is 11.8 Å². The van der Waals surface area contributed by atoms with Crippen molar-refractivity contribution < 1.29 is 37.7 Å². The van der Waals surface area contributed by atoms with E-state index in [1.54, 1.807) is 27.4 Å². The molecule has 2 aromatic rings. The molecule has 1 aromatic heterocycles. The van der Waals surface area contributed by atoms with Gasteiger partial charge in [0, 0.05) is 45.7 Å². The van der Waals surface area contributed by atoms with E-state index in [2.05, 4.69) is 49.2 Å². The van der Waals surface area contributed by atoms with E-state index < -0.39 is 11.9 Å². The number of esters is 2. The lowest BCUT2D eigenvalue weighted by Crippen LogP contribution is -2.06. The van der Waals surface area contributed by atoms with E-state index in [1.807, 2.05) is 44.2 Å². The maximum atomic E-state index is 10.3. The number of nitrogens with zero attached hydrogens (tertiary/aromatic N) is 2. The van der Waals surface area contributed by atoms with Crippen molar-refractivity contribution >= 4 is 18.0 Å². The number of rotatable bonds is 15. The molecule has 2 rings (SSSR count). The maximum Gasteiger partial charge on any atom is 0.330 e. The van der Waals surface area contributed by atoms with Gasteiger partial charge in [0.15, 0.2) is 0 Å². The molecule has 1 aromatic carbocycles. The first kappa shape index (κ1) is 39.5. The van der Waals surface area contributed by atoms with Crippen molar-refractivity contribution in [1.82, 2.24) is 10.2 Å². The van der Waals surface area contributed by atoms with Crippen LogP contribution in [0.2, 0.25) is 0 Å². The molecule has 0 unspecified atom stereocenters. The molecule has 0 aliphatic heterocycles. The predicted octanol–water partition coefficient (Wildman–Crippen LogP) is 6.02. The fraction of sp³-hybridized carbons (Fsp3) is 0.484. The van der Waals surface area contributed by atoms with Gasteiger partial charge in [-0.2, -0.15) is 0 Å². The summed E-state index contributed by atoms with van der Waals surface area (Å²) in [4.78, 5) is 20.6. The number of aryl methyl sites for hydroxylation is 1. The molecule has 0 bridgehead atoms. The summed E-state index contributed by atoms with van der Waals surface area (Å²) in [5.41, 5.74) is 2.16. The fourth-order valence-electron chi connectivity index (χ4n) is 2.50. The zero-order chi connectivity index (χ0) is 31.1. The molecule has 10 heteroatoms. The van der Waals surface area contributed by atoms with Crippen molar-refractivity contribution in [2.75, 3.05) is 54.4 Å². The van der Waals surface area contributed by atoms with E-state index in [1.165, 1.54) is 31.2 Å². The van der Waals surface area contributed by atoms with Crippen LogP contribution in [0.3, 0.4) is 0 Å². The number of methoxy groups -OCH3 is 3. The normalized spacial score (nSPS) is 9.71. The molecule has 0 N–H and O–H groups in total. The first-order valence-corrected chi connectivity index (χ1v) is 13.4. The summed E-state index contributed by atoms with van der Waals surface area (Å²) in [6, 6.07) is 7.99. The summed E-state index contributed by atoms with van der Waals surface area (Å²) < 4.78 is 28.7. The highest BCUT2D eigenvalue weighted by atomic mass is 16.6. The van der Waals surface area contributed by atoms with Crippen LogP contribution >= 0.6 is 0 Å². The molecule has 0 aliphatic carbocycles. The molecule has 0 atom stereocenters. The van der Waals surface area contributed by atoms with Gasteiger partial charge in [0.1, 0.15) is 13.2 Å². The minimum absolute atomic E-state index is 0.293. The van der Waals surface area contributed by atoms with Gasteiger partial charge in [0.05, 0.1) is 13.2 Å². The molecule has 1 heterocycles. The number of carbonyl (C=O) groups excluding carboxylic acids is 2. The first-order chi connectivity index (χ1) is 19.8. The summed E-state index contributed by atoms with van der Waals surface area (Å²) >= 11 is 0. The maximum absolute atomic E-state index is 10.3. The average Bonchev–Trinajstić information content (AvgIpc) is 3.45. The van der Waals surface area contributed by atoms with Crippen LogP contribution in [-0.4, -0.2) is 76.5 Å². The van der Waals surface area contributed by atoms with Crippen LogP contribution in [0.25, 0.3) is 17.5 Å². The first-order valence-electron chi connectivity index (χ1n) is 13.4. The summed E-state index contributed by atoms with van der Waals surface area (Å²) in [6.45, 7) is 15.0. The lowest BCUT2D eigenvalue weighted by atomic mass is 10.1. The smallest absolute Gasteiger partial charge is 0.330 e. The summed E-state index contributed by atoms with van der Waals surface area (Å²) in [5.74, 6) is 0.273. The molecule has 0 radical (unpaired) electrons. The Balaban J connectivity index is 0. The Morgan fingerprint density at radius 1 is 0.805 bits per heavy atom. The van der Waals surface area contributed by atoms with Crippen molar-refractivity contribution in [2.45, 2.75) is 46.5 Å². The number of allylic oxidation sites excluding steroid dienone is 1.